The maximum Gasteiger partial charge on any atom is 0.234 e. The smallest absolute Gasteiger partial charge is 0.234 e. The highest BCUT2D eigenvalue weighted by Crippen LogP contribution is 2.21. The molecule has 3 nitrogen and oxygen atoms in total. The minimum absolute atomic E-state index is 0.0248. The standard InChI is InChI=1S/C18H16N2OS2/c1-22-15-7-4-6-14(11-15)19-17(21)12-23-18-10-9-13-5-2-3-8-16(13)20-18/h2-11H,12H2,1H3,(H,19,21). The van der Waals surface area contributed by atoms with Gasteiger partial charge in [-0.1, -0.05) is 42.1 Å². The number of aromatic nitrogens is 1. The van der Waals surface area contributed by atoms with Crippen LogP contribution in [0.1, 0.15) is 0 Å². The third kappa shape index (κ3) is 4.27. The van der Waals surface area contributed by atoms with E-state index >= 15 is 0 Å². The quantitative estimate of drug-likeness (QED) is 0.684. The van der Waals surface area contributed by atoms with Crippen molar-refractivity contribution in [3.8, 4) is 0 Å². The highest BCUT2D eigenvalue weighted by atomic mass is 32.2. The maximum absolute atomic E-state index is 12.1. The second-order valence-corrected chi connectivity index (χ2v) is 6.79. The highest BCUT2D eigenvalue weighted by molar-refractivity contribution is 8.00. The molecule has 0 saturated heterocycles. The number of hydrogen-bond acceptors (Lipinski definition) is 4. The summed E-state index contributed by atoms with van der Waals surface area (Å²) in [5.74, 6) is 0.317. The average molecular weight is 340 g/mol. The van der Waals surface area contributed by atoms with Crippen molar-refractivity contribution in [3.05, 3.63) is 60.7 Å². The molecule has 0 aliphatic rings. The second kappa shape index (κ2) is 7.53. The SMILES string of the molecule is CSc1cccc(NC(=O)CSc2ccc3ccccc3n2)c1. The molecule has 5 heteroatoms. The Morgan fingerprint density at radius 2 is 1.96 bits per heavy atom. The van der Waals surface area contributed by atoms with E-state index in [1.165, 1.54) is 11.8 Å². The number of thioether (sulfide) groups is 2. The van der Waals surface area contributed by atoms with E-state index in [9.17, 15) is 4.79 Å². The Hall–Kier alpha value is -1.98. The van der Waals surface area contributed by atoms with Gasteiger partial charge in [-0.3, -0.25) is 4.79 Å². The summed E-state index contributed by atoms with van der Waals surface area (Å²) in [7, 11) is 0. The molecule has 23 heavy (non-hydrogen) atoms. The molecule has 0 aliphatic carbocycles. The van der Waals surface area contributed by atoms with Crippen LogP contribution in [0.15, 0.2) is 70.6 Å². The lowest BCUT2D eigenvalue weighted by Gasteiger charge is -2.06. The molecule has 0 aliphatic heterocycles. The molecular weight excluding hydrogens is 324 g/mol. The number of carbonyl (C=O) groups is 1. The molecule has 1 amide bonds. The molecule has 0 bridgehead atoms. The molecule has 0 spiro atoms. The molecule has 0 unspecified atom stereocenters. The van der Waals surface area contributed by atoms with Crippen molar-refractivity contribution in [3.63, 3.8) is 0 Å². The van der Waals surface area contributed by atoms with Gasteiger partial charge in [0.05, 0.1) is 16.3 Å². The summed E-state index contributed by atoms with van der Waals surface area (Å²) in [6.07, 6.45) is 2.02. The topological polar surface area (TPSA) is 42.0 Å². The monoisotopic (exact) mass is 340 g/mol. The van der Waals surface area contributed by atoms with Crippen LogP contribution in [0, 0.1) is 0 Å². The molecule has 0 atom stereocenters. The number of carbonyl (C=O) groups excluding carboxylic acids is 1. The van der Waals surface area contributed by atoms with Crippen LogP contribution in [-0.2, 0) is 4.79 Å². The lowest BCUT2D eigenvalue weighted by molar-refractivity contribution is -0.113. The minimum atomic E-state index is -0.0248. The highest BCUT2D eigenvalue weighted by Gasteiger charge is 2.06. The first-order valence-corrected chi connectivity index (χ1v) is 9.38. The van der Waals surface area contributed by atoms with Crippen molar-refractivity contribution >= 4 is 46.0 Å². The Morgan fingerprint density at radius 3 is 2.83 bits per heavy atom. The molecule has 2 aromatic carbocycles. The molecule has 3 rings (SSSR count). The van der Waals surface area contributed by atoms with E-state index in [2.05, 4.69) is 10.3 Å². The number of fused-ring (bicyclic) bond motifs is 1. The van der Waals surface area contributed by atoms with Gasteiger partial charge in [-0.2, -0.15) is 0 Å². The molecule has 1 aromatic heterocycles. The van der Waals surface area contributed by atoms with Gasteiger partial charge in [-0.15, -0.1) is 11.8 Å². The van der Waals surface area contributed by atoms with E-state index in [0.29, 0.717) is 5.75 Å². The van der Waals surface area contributed by atoms with Crippen molar-refractivity contribution in [1.29, 1.82) is 0 Å². The fourth-order valence-electron chi connectivity index (χ4n) is 2.17. The number of amides is 1. The zero-order valence-electron chi connectivity index (χ0n) is 12.7. The van der Waals surface area contributed by atoms with Crippen LogP contribution in [0.3, 0.4) is 0 Å². The van der Waals surface area contributed by atoms with Crippen molar-refractivity contribution < 1.29 is 4.79 Å². The normalized spacial score (nSPS) is 10.7. The van der Waals surface area contributed by atoms with E-state index < -0.39 is 0 Å². The van der Waals surface area contributed by atoms with Gasteiger partial charge in [-0.25, -0.2) is 4.98 Å². The lowest BCUT2D eigenvalue weighted by atomic mass is 10.2. The largest absolute Gasteiger partial charge is 0.325 e. The van der Waals surface area contributed by atoms with E-state index in [4.69, 9.17) is 0 Å². The van der Waals surface area contributed by atoms with Crippen LogP contribution in [0.2, 0.25) is 0 Å². The molecule has 3 aromatic rings. The van der Waals surface area contributed by atoms with Gasteiger partial charge in [0.15, 0.2) is 0 Å². The zero-order valence-corrected chi connectivity index (χ0v) is 14.3. The van der Waals surface area contributed by atoms with Crippen LogP contribution in [0.4, 0.5) is 5.69 Å². The first-order chi connectivity index (χ1) is 11.2. The van der Waals surface area contributed by atoms with Crippen LogP contribution < -0.4 is 5.32 Å². The van der Waals surface area contributed by atoms with E-state index in [1.54, 1.807) is 11.8 Å². The molecule has 0 radical (unpaired) electrons. The predicted octanol–water partition coefficient (Wildman–Crippen LogP) is 4.69. The van der Waals surface area contributed by atoms with Gasteiger partial charge in [0.25, 0.3) is 0 Å². The number of hydrogen-bond donors (Lipinski definition) is 1. The summed E-state index contributed by atoms with van der Waals surface area (Å²) in [6.45, 7) is 0. The summed E-state index contributed by atoms with van der Waals surface area (Å²) in [6, 6.07) is 19.8. The number of rotatable bonds is 5. The fraction of sp³-hybridized carbons (Fsp3) is 0.111. The van der Waals surface area contributed by atoms with Crippen LogP contribution >= 0.6 is 23.5 Å². The van der Waals surface area contributed by atoms with Gasteiger partial charge in [0, 0.05) is 16.0 Å². The maximum atomic E-state index is 12.1. The van der Waals surface area contributed by atoms with Crippen molar-refractivity contribution in [2.24, 2.45) is 0 Å². The molecular formula is C18H16N2OS2. The van der Waals surface area contributed by atoms with Gasteiger partial charge < -0.3 is 5.32 Å². The summed E-state index contributed by atoms with van der Waals surface area (Å²) in [5, 5.41) is 4.89. The van der Waals surface area contributed by atoms with E-state index in [0.717, 1.165) is 26.5 Å². The number of benzene rings is 2. The molecule has 116 valence electrons. The predicted molar refractivity (Wildman–Crippen MR) is 99.3 cm³/mol. The summed E-state index contributed by atoms with van der Waals surface area (Å²) in [4.78, 5) is 17.8. The van der Waals surface area contributed by atoms with E-state index in [1.807, 2.05) is 66.9 Å². The van der Waals surface area contributed by atoms with Crippen molar-refractivity contribution in [1.82, 2.24) is 4.98 Å². The summed E-state index contributed by atoms with van der Waals surface area (Å²) in [5.41, 5.74) is 1.78. The Labute approximate surface area is 143 Å². The fourth-order valence-corrected chi connectivity index (χ4v) is 3.30. The first kappa shape index (κ1) is 15.9. The number of anilines is 1. The first-order valence-electron chi connectivity index (χ1n) is 7.17. The third-order valence-corrected chi connectivity index (χ3v) is 4.93. The summed E-state index contributed by atoms with van der Waals surface area (Å²) >= 11 is 3.10. The van der Waals surface area contributed by atoms with Crippen LogP contribution in [0.5, 0.6) is 0 Å². The van der Waals surface area contributed by atoms with Crippen LogP contribution in [0.25, 0.3) is 10.9 Å². The number of para-hydroxylation sites is 1. The minimum Gasteiger partial charge on any atom is -0.325 e. The molecule has 1 heterocycles. The Balaban J connectivity index is 1.61. The second-order valence-electron chi connectivity index (χ2n) is 4.91. The summed E-state index contributed by atoms with van der Waals surface area (Å²) < 4.78 is 0. The van der Waals surface area contributed by atoms with E-state index in [-0.39, 0.29) is 5.91 Å². The number of nitrogens with zero attached hydrogens (tertiary/aromatic N) is 1. The lowest BCUT2D eigenvalue weighted by Crippen LogP contribution is -2.14. The molecule has 0 fully saturated rings. The van der Waals surface area contributed by atoms with Crippen molar-refractivity contribution in [2.45, 2.75) is 9.92 Å². The molecule has 0 saturated carbocycles. The Kier molecular flexibility index (Phi) is 5.20. The zero-order chi connectivity index (χ0) is 16.1. The average Bonchev–Trinajstić information content (AvgIpc) is 2.60. The number of pyridine rings is 1. The third-order valence-electron chi connectivity index (χ3n) is 3.28. The Bertz CT molecular complexity index is 836. The van der Waals surface area contributed by atoms with Crippen molar-refractivity contribution in [2.75, 3.05) is 17.3 Å². The van der Waals surface area contributed by atoms with Crippen LogP contribution in [-0.4, -0.2) is 22.9 Å². The van der Waals surface area contributed by atoms with Gasteiger partial charge in [0.1, 0.15) is 0 Å². The van der Waals surface area contributed by atoms with Gasteiger partial charge >= 0.3 is 0 Å². The van der Waals surface area contributed by atoms with Gasteiger partial charge in [-0.05, 0) is 36.6 Å². The number of nitrogens with one attached hydrogen (secondary N) is 1. The molecule has 1 N–H and O–H groups in total. The van der Waals surface area contributed by atoms with Gasteiger partial charge in [0.2, 0.25) is 5.91 Å². The Morgan fingerprint density at radius 1 is 1.09 bits per heavy atom.